The number of anilines is 2. The molecule has 0 saturated carbocycles. The lowest BCUT2D eigenvalue weighted by molar-refractivity contribution is 0.782. The molecule has 0 aliphatic carbocycles. The van der Waals surface area contributed by atoms with Gasteiger partial charge in [-0.05, 0) is 30.3 Å². The number of H-pyrrole nitrogens is 1. The Hall–Kier alpha value is -2.86. The van der Waals surface area contributed by atoms with Crippen molar-refractivity contribution in [1.82, 2.24) is 25.0 Å². The minimum atomic E-state index is 0.657. The van der Waals surface area contributed by atoms with Gasteiger partial charge in [0, 0.05) is 22.1 Å². The summed E-state index contributed by atoms with van der Waals surface area (Å²) in [6.07, 6.45) is 5.24. The summed E-state index contributed by atoms with van der Waals surface area (Å²) in [5.74, 6) is 1.40. The number of hydrogen-bond donors (Lipinski definition) is 2. The third kappa shape index (κ3) is 2.29. The lowest BCUT2D eigenvalue weighted by Gasteiger charge is -2.09. The van der Waals surface area contributed by atoms with Crippen LogP contribution in [0.1, 0.15) is 0 Å². The zero-order valence-electron chi connectivity index (χ0n) is 11.4. The predicted molar refractivity (Wildman–Crippen MR) is 85.7 cm³/mol. The van der Waals surface area contributed by atoms with Crippen LogP contribution in [0.2, 0.25) is 5.02 Å². The number of nitrogens with one attached hydrogen (secondary N) is 2. The summed E-state index contributed by atoms with van der Waals surface area (Å²) < 4.78 is 1.61. The largest absolute Gasteiger partial charge is 0.361 e. The molecule has 108 valence electrons. The van der Waals surface area contributed by atoms with Crippen molar-refractivity contribution < 1.29 is 0 Å². The summed E-state index contributed by atoms with van der Waals surface area (Å²) in [7, 11) is 0. The van der Waals surface area contributed by atoms with Gasteiger partial charge in [-0.2, -0.15) is 0 Å². The van der Waals surface area contributed by atoms with Crippen molar-refractivity contribution in [2.24, 2.45) is 0 Å². The molecule has 0 aliphatic rings. The van der Waals surface area contributed by atoms with Gasteiger partial charge >= 0.3 is 0 Å². The summed E-state index contributed by atoms with van der Waals surface area (Å²) in [6.45, 7) is 0. The number of nitrogens with zero attached hydrogens (tertiary/aromatic N) is 4. The van der Waals surface area contributed by atoms with Gasteiger partial charge < -0.3 is 10.3 Å². The molecule has 0 unspecified atom stereocenters. The monoisotopic (exact) mass is 310 g/mol. The van der Waals surface area contributed by atoms with E-state index in [-0.39, 0.29) is 0 Å². The SMILES string of the molecule is Clc1cc(Nc2cccc(-n3ccnn3)n2)c2cc[nH]c2c1. The third-order valence-corrected chi connectivity index (χ3v) is 3.51. The zero-order chi connectivity index (χ0) is 14.9. The second-order valence-corrected chi connectivity index (χ2v) is 5.18. The molecule has 0 amide bonds. The average molecular weight is 311 g/mol. The van der Waals surface area contributed by atoms with E-state index in [1.54, 1.807) is 17.1 Å². The molecule has 3 heterocycles. The van der Waals surface area contributed by atoms with Crippen LogP contribution in [0.15, 0.2) is 55.0 Å². The maximum Gasteiger partial charge on any atom is 0.157 e. The Balaban J connectivity index is 1.74. The van der Waals surface area contributed by atoms with Gasteiger partial charge in [0.15, 0.2) is 5.82 Å². The fraction of sp³-hybridized carbons (Fsp3) is 0. The number of fused-ring (bicyclic) bond motifs is 1. The van der Waals surface area contributed by atoms with Crippen LogP contribution in [-0.2, 0) is 0 Å². The standard InChI is InChI=1S/C15H11ClN6/c16-10-8-12-11(4-5-17-12)13(9-10)19-14-2-1-3-15(20-14)22-7-6-18-21-22/h1-9,17H,(H,19,20). The summed E-state index contributed by atoms with van der Waals surface area (Å²) >= 11 is 6.16. The van der Waals surface area contributed by atoms with Crippen molar-refractivity contribution in [2.75, 3.05) is 5.32 Å². The van der Waals surface area contributed by atoms with E-state index in [2.05, 4.69) is 25.6 Å². The number of halogens is 1. The quantitative estimate of drug-likeness (QED) is 0.607. The molecule has 4 rings (SSSR count). The summed E-state index contributed by atoms with van der Waals surface area (Å²) in [5.41, 5.74) is 1.87. The van der Waals surface area contributed by atoms with Crippen LogP contribution in [0.5, 0.6) is 0 Å². The first kappa shape index (κ1) is 12.8. The normalized spacial score (nSPS) is 11.0. The van der Waals surface area contributed by atoms with Crippen LogP contribution in [0, 0.1) is 0 Å². The van der Waals surface area contributed by atoms with E-state index in [1.807, 2.05) is 42.6 Å². The van der Waals surface area contributed by atoms with Crippen molar-refractivity contribution in [3.8, 4) is 5.82 Å². The lowest BCUT2D eigenvalue weighted by Crippen LogP contribution is -2.01. The molecule has 4 aromatic rings. The first-order valence-corrected chi connectivity index (χ1v) is 7.05. The molecule has 0 atom stereocenters. The number of hydrogen-bond acceptors (Lipinski definition) is 4. The van der Waals surface area contributed by atoms with Gasteiger partial charge in [0.1, 0.15) is 5.82 Å². The molecular formula is C15H11ClN6. The van der Waals surface area contributed by atoms with E-state index in [9.17, 15) is 0 Å². The maximum atomic E-state index is 6.16. The molecule has 0 fully saturated rings. The molecule has 2 N–H and O–H groups in total. The molecule has 0 aliphatic heterocycles. The predicted octanol–water partition coefficient (Wildman–Crippen LogP) is 3.54. The molecule has 1 aromatic carbocycles. The van der Waals surface area contributed by atoms with Gasteiger partial charge in [0.05, 0.1) is 18.1 Å². The number of rotatable bonds is 3. The first-order valence-electron chi connectivity index (χ1n) is 6.67. The zero-order valence-corrected chi connectivity index (χ0v) is 12.1. The van der Waals surface area contributed by atoms with Gasteiger partial charge in [-0.1, -0.05) is 22.9 Å². The van der Waals surface area contributed by atoms with E-state index in [4.69, 9.17) is 11.6 Å². The second kappa shape index (κ2) is 5.16. The molecule has 0 bridgehead atoms. The Kier molecular flexibility index (Phi) is 3.01. The molecule has 3 aromatic heterocycles. The van der Waals surface area contributed by atoms with Crippen molar-refractivity contribution in [3.63, 3.8) is 0 Å². The van der Waals surface area contributed by atoms with E-state index < -0.39 is 0 Å². The van der Waals surface area contributed by atoms with Gasteiger partial charge in [-0.15, -0.1) is 5.10 Å². The fourth-order valence-electron chi connectivity index (χ4n) is 2.32. The van der Waals surface area contributed by atoms with Crippen LogP contribution in [0.4, 0.5) is 11.5 Å². The van der Waals surface area contributed by atoms with Gasteiger partial charge in [0.25, 0.3) is 0 Å². The number of aromatic amines is 1. The number of aromatic nitrogens is 5. The summed E-state index contributed by atoms with van der Waals surface area (Å²) in [5, 5.41) is 12.7. The Labute approximate surface area is 130 Å². The summed E-state index contributed by atoms with van der Waals surface area (Å²) in [4.78, 5) is 7.68. The van der Waals surface area contributed by atoms with Crippen molar-refractivity contribution in [2.45, 2.75) is 0 Å². The van der Waals surface area contributed by atoms with Crippen LogP contribution >= 0.6 is 11.6 Å². The van der Waals surface area contributed by atoms with Crippen LogP contribution < -0.4 is 5.32 Å². The average Bonchev–Trinajstić information content (AvgIpc) is 3.18. The molecule has 7 heteroatoms. The van der Waals surface area contributed by atoms with Crippen LogP contribution in [0.3, 0.4) is 0 Å². The van der Waals surface area contributed by atoms with Crippen molar-refractivity contribution in [3.05, 3.63) is 60.0 Å². The third-order valence-electron chi connectivity index (χ3n) is 3.29. The molecule has 6 nitrogen and oxygen atoms in total. The van der Waals surface area contributed by atoms with E-state index in [1.165, 1.54) is 0 Å². The number of pyridine rings is 1. The first-order chi connectivity index (χ1) is 10.8. The highest BCUT2D eigenvalue weighted by Gasteiger charge is 2.06. The fourth-order valence-corrected chi connectivity index (χ4v) is 2.54. The van der Waals surface area contributed by atoms with E-state index in [0.717, 1.165) is 16.6 Å². The smallest absolute Gasteiger partial charge is 0.157 e. The molecule has 0 saturated heterocycles. The molecule has 0 radical (unpaired) electrons. The minimum Gasteiger partial charge on any atom is -0.361 e. The highest BCUT2D eigenvalue weighted by atomic mass is 35.5. The van der Waals surface area contributed by atoms with Crippen LogP contribution in [-0.4, -0.2) is 25.0 Å². The highest BCUT2D eigenvalue weighted by Crippen LogP contribution is 2.29. The Morgan fingerprint density at radius 2 is 2.14 bits per heavy atom. The Bertz CT molecular complexity index is 928. The molecule has 22 heavy (non-hydrogen) atoms. The van der Waals surface area contributed by atoms with Crippen LogP contribution in [0.25, 0.3) is 16.7 Å². The van der Waals surface area contributed by atoms with Gasteiger partial charge in [-0.3, -0.25) is 0 Å². The maximum absolute atomic E-state index is 6.16. The molecular weight excluding hydrogens is 300 g/mol. The summed E-state index contributed by atoms with van der Waals surface area (Å²) in [6, 6.07) is 11.4. The van der Waals surface area contributed by atoms with Gasteiger partial charge in [0.2, 0.25) is 0 Å². The second-order valence-electron chi connectivity index (χ2n) is 4.75. The van der Waals surface area contributed by atoms with Gasteiger partial charge in [-0.25, -0.2) is 9.67 Å². The topological polar surface area (TPSA) is 71.4 Å². The highest BCUT2D eigenvalue weighted by molar-refractivity contribution is 6.31. The molecule has 0 spiro atoms. The minimum absolute atomic E-state index is 0.657. The van der Waals surface area contributed by atoms with E-state index in [0.29, 0.717) is 16.7 Å². The lowest BCUT2D eigenvalue weighted by atomic mass is 10.2. The number of benzene rings is 1. The van der Waals surface area contributed by atoms with E-state index >= 15 is 0 Å². The Morgan fingerprint density at radius 3 is 3.00 bits per heavy atom. The Morgan fingerprint density at radius 1 is 1.18 bits per heavy atom. The van der Waals surface area contributed by atoms with Crippen molar-refractivity contribution in [1.29, 1.82) is 0 Å². The van der Waals surface area contributed by atoms with Crippen molar-refractivity contribution >= 4 is 34.0 Å².